The van der Waals surface area contributed by atoms with Gasteiger partial charge < -0.3 is 34.8 Å². The Labute approximate surface area is 278 Å². The van der Waals surface area contributed by atoms with Crippen LogP contribution >= 0.6 is 11.6 Å². The van der Waals surface area contributed by atoms with E-state index >= 15 is 0 Å². The van der Waals surface area contributed by atoms with Crippen LogP contribution in [0.25, 0.3) is 0 Å². The van der Waals surface area contributed by atoms with Crippen LogP contribution in [-0.2, 0) is 28.6 Å². The predicted octanol–water partition coefficient (Wildman–Crippen LogP) is 2.91. The average Bonchev–Trinajstić information content (AvgIpc) is 3.31. The average molecular weight is 684 g/mol. The topological polar surface area (TPSA) is 201 Å². The van der Waals surface area contributed by atoms with Crippen molar-refractivity contribution in [1.82, 2.24) is 10.3 Å². The molecule has 0 bridgehead atoms. The number of carboxylic acids is 1. The molecule has 0 aromatic heterocycles. The zero-order valence-electron chi connectivity index (χ0n) is 27.2. The Morgan fingerprint density at radius 2 is 1.81 bits per heavy atom. The van der Waals surface area contributed by atoms with Crippen LogP contribution < -0.4 is 5.32 Å². The summed E-state index contributed by atoms with van der Waals surface area (Å²) in [6, 6.07) is -2.48. The second-order valence-electron chi connectivity index (χ2n) is 14.5. The van der Waals surface area contributed by atoms with Crippen molar-refractivity contribution in [3.63, 3.8) is 0 Å². The molecule has 2 amide bonds. The molecule has 0 aromatic rings. The number of alkyl halides is 1. The summed E-state index contributed by atoms with van der Waals surface area (Å²) in [5.74, 6) is -1.49. The highest BCUT2D eigenvalue weighted by Gasteiger charge is 2.67. The number of carboxylic acid groups (broad SMARTS) is 1. The number of hydrogen-bond donors (Lipinski definition) is 4. The molecule has 0 radical (unpaired) electrons. The number of ether oxygens (including phenoxy) is 3. The van der Waals surface area contributed by atoms with E-state index in [2.05, 4.69) is 24.5 Å². The summed E-state index contributed by atoms with van der Waals surface area (Å²) < 4.78 is 16.6. The maximum absolute atomic E-state index is 13.6. The lowest BCUT2D eigenvalue weighted by atomic mass is 9.45. The molecule has 0 aromatic carbocycles. The summed E-state index contributed by atoms with van der Waals surface area (Å²) in [7, 11) is 1.18. The number of methoxy groups -OCH3 is 1. The number of carbonyl (C=O) groups is 4. The zero-order chi connectivity index (χ0) is 34.5. The molecule has 14 nitrogen and oxygen atoms in total. The summed E-state index contributed by atoms with van der Waals surface area (Å²) in [5.41, 5.74) is -0.231. The summed E-state index contributed by atoms with van der Waals surface area (Å²) in [6.45, 7) is 6.01. The SMILES string of the molecule is CO[C@H]1O[C@H](C(=O)O[C@H](C(=O)O)[C@@]2(C)CC[C@H]3[C@@H]4CCC5=CC(=O)CC[C@]5(C)[C@H]4CC[C@@]32C)[C@@H](O)[C@H](O)[C@H]1NC(=O)N(CCCl)N=O. The first-order valence-electron chi connectivity index (χ1n) is 16.4. The van der Waals surface area contributed by atoms with Crippen molar-refractivity contribution in [2.24, 2.45) is 39.3 Å². The molecule has 15 heteroatoms. The van der Waals surface area contributed by atoms with E-state index in [1.807, 2.05) is 13.0 Å². The van der Waals surface area contributed by atoms with E-state index in [1.165, 1.54) is 12.7 Å². The molecule has 0 unspecified atom stereocenters. The number of esters is 1. The molecule has 1 saturated heterocycles. The number of ketones is 1. The van der Waals surface area contributed by atoms with Gasteiger partial charge >= 0.3 is 18.0 Å². The molecule has 4 aliphatic carbocycles. The number of aliphatic hydroxyl groups excluding tert-OH is 2. The summed E-state index contributed by atoms with van der Waals surface area (Å²) in [5, 5.41) is 37.6. The van der Waals surface area contributed by atoms with Gasteiger partial charge in [-0.25, -0.2) is 14.4 Å². The highest BCUT2D eigenvalue weighted by atomic mass is 35.5. The van der Waals surface area contributed by atoms with Gasteiger partial charge in [0.2, 0.25) is 6.10 Å². The molecule has 47 heavy (non-hydrogen) atoms. The smallest absolute Gasteiger partial charge is 0.345 e. The highest BCUT2D eigenvalue weighted by Crippen LogP contribution is 2.70. The molecule has 1 aliphatic heterocycles. The number of aliphatic carboxylic acids is 1. The van der Waals surface area contributed by atoms with Gasteiger partial charge in [0.1, 0.15) is 18.2 Å². The third kappa shape index (κ3) is 5.87. The van der Waals surface area contributed by atoms with Crippen molar-refractivity contribution >= 4 is 35.4 Å². The molecule has 262 valence electrons. The van der Waals surface area contributed by atoms with Crippen molar-refractivity contribution in [2.75, 3.05) is 19.5 Å². The van der Waals surface area contributed by atoms with E-state index in [4.69, 9.17) is 25.8 Å². The Hall–Kier alpha value is -2.65. The first-order chi connectivity index (χ1) is 22.2. The maximum Gasteiger partial charge on any atom is 0.345 e. The van der Waals surface area contributed by atoms with Gasteiger partial charge in [0.15, 0.2) is 18.2 Å². The van der Waals surface area contributed by atoms with Crippen molar-refractivity contribution < 1.29 is 48.7 Å². The molecule has 5 rings (SSSR count). The monoisotopic (exact) mass is 683 g/mol. The second kappa shape index (κ2) is 13.3. The molecule has 0 spiro atoms. The number of urea groups is 1. The second-order valence-corrected chi connectivity index (χ2v) is 14.9. The van der Waals surface area contributed by atoms with Gasteiger partial charge in [-0.05, 0) is 79.6 Å². The standard InChI is InChI=1S/C32H46ClN3O11/c1-30-10-7-17(37)15-16(30)5-6-18-19(30)8-11-31(2)20(18)9-12-32(31,3)25(26(40)41)47-27(42)24-23(39)22(38)21(28(45-4)46-24)34-29(43)36(35-44)14-13-33/h15,18-25,28,38-39H,5-14H2,1-4H3,(H,34,43)(H,40,41)/t18-,19+,20+,21-,22-,23+,24+,25-,28+,30+,31+,32-/m1/s1. The van der Waals surface area contributed by atoms with Gasteiger partial charge in [0.25, 0.3) is 0 Å². The van der Waals surface area contributed by atoms with Crippen LogP contribution in [0.3, 0.4) is 0 Å². The summed E-state index contributed by atoms with van der Waals surface area (Å²) in [6.07, 6.45) is -0.772. The van der Waals surface area contributed by atoms with Crippen molar-refractivity contribution in [2.45, 2.75) is 109 Å². The van der Waals surface area contributed by atoms with Crippen LogP contribution in [-0.4, -0.2) is 100 Å². The van der Waals surface area contributed by atoms with Crippen LogP contribution in [0.4, 0.5) is 4.79 Å². The molecule has 4 N–H and O–H groups in total. The zero-order valence-corrected chi connectivity index (χ0v) is 28.0. The molecule has 4 fully saturated rings. The summed E-state index contributed by atoms with van der Waals surface area (Å²) in [4.78, 5) is 62.2. The number of rotatable bonds is 9. The van der Waals surface area contributed by atoms with Crippen molar-refractivity contribution in [3.05, 3.63) is 16.6 Å². The molecular formula is C32H46ClN3O11. The van der Waals surface area contributed by atoms with E-state index in [1.54, 1.807) is 0 Å². The number of hydrogen-bond acceptors (Lipinski definition) is 11. The Morgan fingerprint density at radius 1 is 1.11 bits per heavy atom. The number of halogens is 1. The van der Waals surface area contributed by atoms with Crippen LogP contribution in [0.15, 0.2) is 16.9 Å². The van der Waals surface area contributed by atoms with Gasteiger partial charge in [-0.15, -0.1) is 16.5 Å². The van der Waals surface area contributed by atoms with Gasteiger partial charge in [-0.2, -0.15) is 5.01 Å². The number of carbonyl (C=O) groups excluding carboxylic acids is 3. The lowest BCUT2D eigenvalue weighted by Crippen LogP contribution is -2.66. The quantitative estimate of drug-likeness (QED) is 0.120. The number of fused-ring (bicyclic) bond motifs is 5. The normalized spacial score (nSPS) is 41.8. The molecular weight excluding hydrogens is 638 g/mol. The number of aliphatic hydroxyl groups is 2. The Bertz CT molecular complexity index is 1310. The number of allylic oxidation sites excluding steroid dienone is 1. The Balaban J connectivity index is 1.33. The van der Waals surface area contributed by atoms with Gasteiger partial charge in [0, 0.05) is 24.8 Å². The fourth-order valence-corrected chi connectivity index (χ4v) is 9.98. The first kappa shape index (κ1) is 35.7. The molecule has 3 saturated carbocycles. The molecule has 12 atom stereocenters. The Kier molecular flexibility index (Phi) is 10.1. The lowest BCUT2D eigenvalue weighted by Gasteiger charge is -2.60. The first-order valence-corrected chi connectivity index (χ1v) is 16.9. The summed E-state index contributed by atoms with van der Waals surface area (Å²) >= 11 is 5.59. The van der Waals surface area contributed by atoms with E-state index in [-0.39, 0.29) is 29.5 Å². The van der Waals surface area contributed by atoms with Crippen molar-refractivity contribution in [3.8, 4) is 0 Å². The Morgan fingerprint density at radius 3 is 2.45 bits per heavy atom. The van der Waals surface area contributed by atoms with E-state index < -0.39 is 65.5 Å². The van der Waals surface area contributed by atoms with E-state index in [0.717, 1.165) is 38.5 Å². The van der Waals surface area contributed by atoms with Gasteiger partial charge in [-0.1, -0.05) is 26.3 Å². The van der Waals surface area contributed by atoms with E-state index in [0.29, 0.717) is 29.7 Å². The van der Waals surface area contributed by atoms with E-state index in [9.17, 15) is 39.4 Å². The van der Waals surface area contributed by atoms with Crippen LogP contribution in [0.5, 0.6) is 0 Å². The third-order valence-corrected chi connectivity index (χ3v) is 12.8. The number of amides is 2. The van der Waals surface area contributed by atoms with Crippen LogP contribution in [0.2, 0.25) is 0 Å². The van der Waals surface area contributed by atoms with Crippen LogP contribution in [0.1, 0.15) is 72.1 Å². The predicted molar refractivity (Wildman–Crippen MR) is 166 cm³/mol. The fraction of sp³-hybridized carbons (Fsp3) is 0.812. The number of nitroso groups, excluding NO2 is 1. The minimum atomic E-state index is -1.94. The lowest BCUT2D eigenvalue weighted by molar-refractivity contribution is -0.262. The minimum absolute atomic E-state index is 0.0491. The molecule has 1 heterocycles. The third-order valence-electron chi connectivity index (χ3n) is 12.7. The number of nitrogens with zero attached hydrogens (tertiary/aromatic N) is 2. The maximum atomic E-state index is 13.6. The fourth-order valence-electron chi connectivity index (χ4n) is 9.82. The number of nitrogens with one attached hydrogen (secondary N) is 1. The molecule has 5 aliphatic rings. The minimum Gasteiger partial charge on any atom is -0.478 e. The van der Waals surface area contributed by atoms with Gasteiger partial charge in [0.05, 0.1) is 11.8 Å². The highest BCUT2D eigenvalue weighted by molar-refractivity contribution is 6.18. The van der Waals surface area contributed by atoms with Crippen molar-refractivity contribution in [1.29, 1.82) is 0 Å². The van der Waals surface area contributed by atoms with Crippen LogP contribution in [0, 0.1) is 38.9 Å². The van der Waals surface area contributed by atoms with Gasteiger partial charge in [-0.3, -0.25) is 4.79 Å². The largest absolute Gasteiger partial charge is 0.478 e.